The zero-order valence-electron chi connectivity index (χ0n) is 5.09. The van der Waals surface area contributed by atoms with E-state index in [1.807, 2.05) is 0 Å². The van der Waals surface area contributed by atoms with Gasteiger partial charge in [-0.25, -0.2) is 0 Å². The molecule has 0 nitrogen and oxygen atoms in total. The maximum atomic E-state index is 2.12. The Labute approximate surface area is 61.1 Å². The van der Waals surface area contributed by atoms with Crippen molar-refractivity contribution in [2.75, 3.05) is 0 Å². The van der Waals surface area contributed by atoms with Gasteiger partial charge in [0.15, 0.2) is 0 Å². The Morgan fingerprint density at radius 3 is 2.00 bits per heavy atom. The van der Waals surface area contributed by atoms with Crippen molar-refractivity contribution < 1.29 is 17.1 Å². The van der Waals surface area contributed by atoms with Gasteiger partial charge in [0.2, 0.25) is 0 Å². The van der Waals surface area contributed by atoms with Gasteiger partial charge in [0, 0.05) is 23.0 Å². The van der Waals surface area contributed by atoms with Crippen LogP contribution in [0.2, 0.25) is 0 Å². The Balaban J connectivity index is 0.000000490. The topological polar surface area (TPSA) is 0 Å². The van der Waals surface area contributed by atoms with Crippen LogP contribution in [0, 0.1) is 5.92 Å². The molecule has 0 saturated carbocycles. The van der Waals surface area contributed by atoms with Gasteiger partial charge in [0.1, 0.15) is 0 Å². The van der Waals surface area contributed by atoms with Crippen molar-refractivity contribution in [3.8, 4) is 0 Å². The summed E-state index contributed by atoms with van der Waals surface area (Å²) in [6.07, 6.45) is 6.31. The molecule has 0 saturated heterocycles. The second-order valence-electron chi connectivity index (χ2n) is 1.89. The molecule has 45 valence electrons. The minimum atomic E-state index is 0. The van der Waals surface area contributed by atoms with E-state index in [0.717, 1.165) is 0 Å². The van der Waals surface area contributed by atoms with Crippen LogP contribution in [-0.2, 0) is 17.1 Å². The van der Waals surface area contributed by atoms with Crippen molar-refractivity contribution in [2.24, 2.45) is 0 Å². The molecule has 0 aliphatic heterocycles. The Hall–Kier alpha value is -0.000519. The van der Waals surface area contributed by atoms with E-state index in [-0.39, 0.29) is 17.1 Å². The summed E-state index contributed by atoms with van der Waals surface area (Å²) in [6.45, 7) is 4.24. The quantitative estimate of drug-likeness (QED) is 0.462. The number of rotatable bonds is 0. The van der Waals surface area contributed by atoms with Gasteiger partial charge in [0.05, 0.1) is 0 Å². The molecular formula is C7H9Fe. The number of hydrogen-bond donors (Lipinski definition) is 0. The number of allylic oxidation sites excluding steroid dienone is 4. The molecule has 0 atom stereocenters. The van der Waals surface area contributed by atoms with E-state index in [4.69, 9.17) is 0 Å². The van der Waals surface area contributed by atoms with Crippen molar-refractivity contribution in [1.29, 1.82) is 0 Å². The van der Waals surface area contributed by atoms with Crippen LogP contribution in [0.25, 0.3) is 0 Å². The van der Waals surface area contributed by atoms with Crippen molar-refractivity contribution in [2.45, 2.75) is 13.8 Å². The Bertz CT molecular complexity index is 122. The molecule has 0 heterocycles. The largest absolute Gasteiger partial charge is 0.0734 e. The minimum Gasteiger partial charge on any atom is -0.0734 e. The second kappa shape index (κ2) is 3.11. The van der Waals surface area contributed by atoms with Crippen LogP contribution in [-0.4, -0.2) is 0 Å². The third-order valence-corrected chi connectivity index (χ3v) is 1.31. The molecule has 0 aromatic carbocycles. The fraction of sp³-hybridized carbons (Fsp3) is 0.286. The molecule has 1 aliphatic carbocycles. The monoisotopic (exact) mass is 149 g/mol. The molecule has 0 fully saturated rings. The standard InChI is InChI=1S/C7H9.Fe/c1-6-4-3-5-7(6)2;/h3-5H,1-2H3;. The summed E-state index contributed by atoms with van der Waals surface area (Å²) in [5, 5.41) is 0. The fourth-order valence-electron chi connectivity index (χ4n) is 0.600. The first-order chi connectivity index (χ1) is 3.30. The second-order valence-corrected chi connectivity index (χ2v) is 1.89. The molecule has 0 amide bonds. The van der Waals surface area contributed by atoms with Crippen molar-refractivity contribution in [3.63, 3.8) is 0 Å². The predicted octanol–water partition coefficient (Wildman–Crippen LogP) is 2.09. The van der Waals surface area contributed by atoms with E-state index in [1.165, 1.54) is 11.5 Å². The van der Waals surface area contributed by atoms with E-state index in [0.29, 0.717) is 0 Å². The first-order valence-corrected chi connectivity index (χ1v) is 2.49. The Morgan fingerprint density at radius 2 is 1.88 bits per heavy atom. The van der Waals surface area contributed by atoms with Crippen LogP contribution in [0.15, 0.2) is 23.8 Å². The molecule has 0 aromatic heterocycles. The number of hydrogen-bond acceptors (Lipinski definition) is 0. The summed E-state index contributed by atoms with van der Waals surface area (Å²) in [5.74, 6) is 1.39. The molecule has 0 bridgehead atoms. The molecule has 1 aliphatic rings. The summed E-state index contributed by atoms with van der Waals surface area (Å²) >= 11 is 0. The summed E-state index contributed by atoms with van der Waals surface area (Å²) in [7, 11) is 0. The normalized spacial score (nSPS) is 18.0. The first-order valence-electron chi connectivity index (χ1n) is 2.49. The van der Waals surface area contributed by atoms with Gasteiger partial charge in [-0.2, -0.15) is 0 Å². The van der Waals surface area contributed by atoms with E-state index >= 15 is 0 Å². The predicted molar refractivity (Wildman–Crippen MR) is 31.8 cm³/mol. The fourth-order valence-corrected chi connectivity index (χ4v) is 0.600. The van der Waals surface area contributed by atoms with E-state index in [2.05, 4.69) is 32.1 Å². The summed E-state index contributed by atoms with van der Waals surface area (Å²) in [4.78, 5) is 0. The van der Waals surface area contributed by atoms with Crippen molar-refractivity contribution >= 4 is 0 Å². The van der Waals surface area contributed by atoms with Gasteiger partial charge in [-0.1, -0.05) is 30.7 Å². The van der Waals surface area contributed by atoms with Crippen LogP contribution < -0.4 is 0 Å². The van der Waals surface area contributed by atoms with Crippen molar-refractivity contribution in [1.82, 2.24) is 0 Å². The molecule has 1 radical (unpaired) electrons. The maximum Gasteiger partial charge on any atom is 0.0192 e. The minimum absolute atomic E-state index is 0. The first kappa shape index (κ1) is 8.00. The van der Waals surface area contributed by atoms with Gasteiger partial charge in [-0.3, -0.25) is 0 Å². The van der Waals surface area contributed by atoms with Crippen molar-refractivity contribution in [3.05, 3.63) is 29.7 Å². The van der Waals surface area contributed by atoms with Gasteiger partial charge < -0.3 is 0 Å². The van der Waals surface area contributed by atoms with Crippen LogP contribution in [0.5, 0.6) is 0 Å². The third-order valence-electron chi connectivity index (χ3n) is 1.31. The van der Waals surface area contributed by atoms with E-state index in [1.54, 1.807) is 0 Å². The maximum absolute atomic E-state index is 2.12. The molecule has 1 heteroatoms. The average Bonchev–Trinajstić information content (AvgIpc) is 1.91. The smallest absolute Gasteiger partial charge is 0.0192 e. The molecule has 1 rings (SSSR count). The van der Waals surface area contributed by atoms with E-state index < -0.39 is 0 Å². The summed E-state index contributed by atoms with van der Waals surface area (Å²) < 4.78 is 0. The van der Waals surface area contributed by atoms with Crippen LogP contribution in [0.3, 0.4) is 0 Å². The van der Waals surface area contributed by atoms with Crippen LogP contribution >= 0.6 is 0 Å². The Kier molecular flexibility index (Phi) is 3.11. The summed E-state index contributed by atoms with van der Waals surface area (Å²) in [6, 6.07) is 0. The molecule has 0 aromatic rings. The van der Waals surface area contributed by atoms with Gasteiger partial charge in [0.25, 0.3) is 0 Å². The molecule has 0 spiro atoms. The van der Waals surface area contributed by atoms with Crippen LogP contribution in [0.1, 0.15) is 13.8 Å². The van der Waals surface area contributed by atoms with Gasteiger partial charge in [-0.15, -0.1) is 0 Å². The molecule has 8 heavy (non-hydrogen) atoms. The van der Waals surface area contributed by atoms with E-state index in [9.17, 15) is 0 Å². The zero-order chi connectivity index (χ0) is 5.28. The molecule has 0 unspecified atom stereocenters. The molecular weight excluding hydrogens is 140 g/mol. The van der Waals surface area contributed by atoms with Crippen LogP contribution in [0.4, 0.5) is 0 Å². The molecule has 0 N–H and O–H groups in total. The van der Waals surface area contributed by atoms with Gasteiger partial charge in [-0.05, 0) is 6.92 Å². The zero-order valence-corrected chi connectivity index (χ0v) is 6.19. The average molecular weight is 149 g/mol. The third kappa shape index (κ3) is 1.50. The Morgan fingerprint density at radius 1 is 1.25 bits per heavy atom. The van der Waals surface area contributed by atoms with Gasteiger partial charge >= 0.3 is 0 Å². The SMILES string of the molecule is C[C]1C=CC=C1C.[Fe]. The summed E-state index contributed by atoms with van der Waals surface area (Å²) in [5.41, 5.74) is 1.39.